The highest BCUT2D eigenvalue weighted by atomic mass is 16.5. The molecular weight excluding hydrogens is 216 g/mol. The van der Waals surface area contributed by atoms with Crippen LogP contribution in [0.5, 0.6) is 0 Å². The monoisotopic (exact) mass is 242 g/mol. The summed E-state index contributed by atoms with van der Waals surface area (Å²) in [4.78, 5) is 13.9. The first-order chi connectivity index (χ1) is 8.19. The average Bonchev–Trinajstić information content (AvgIpc) is 2.31. The molecule has 0 spiro atoms. The lowest BCUT2D eigenvalue weighted by Gasteiger charge is -2.31. The molecule has 0 aromatic carbocycles. The van der Waals surface area contributed by atoms with Crippen molar-refractivity contribution in [3.63, 3.8) is 0 Å². The van der Waals surface area contributed by atoms with E-state index in [0.29, 0.717) is 12.5 Å². The fourth-order valence-electron chi connectivity index (χ4n) is 2.51. The summed E-state index contributed by atoms with van der Waals surface area (Å²) >= 11 is 0. The number of hydrogen-bond acceptors (Lipinski definition) is 4. The molecule has 100 valence electrons. The number of likely N-dealkylation sites (N-methyl/N-ethyl adjacent to an activating group) is 1. The van der Waals surface area contributed by atoms with E-state index in [0.717, 1.165) is 26.1 Å². The van der Waals surface area contributed by atoms with Gasteiger partial charge in [0.2, 0.25) is 0 Å². The fourth-order valence-corrected chi connectivity index (χ4v) is 2.51. The summed E-state index contributed by atoms with van der Waals surface area (Å²) in [5, 5.41) is 3.41. The highest BCUT2D eigenvalue weighted by Crippen LogP contribution is 2.14. The quantitative estimate of drug-likeness (QED) is 0.712. The van der Waals surface area contributed by atoms with Crippen LogP contribution in [0.15, 0.2) is 0 Å². The molecule has 4 heteroatoms. The van der Waals surface area contributed by atoms with Gasteiger partial charge in [-0.2, -0.15) is 0 Å². The molecule has 17 heavy (non-hydrogen) atoms. The van der Waals surface area contributed by atoms with Gasteiger partial charge in [-0.05, 0) is 52.2 Å². The number of piperidine rings is 1. The van der Waals surface area contributed by atoms with E-state index in [-0.39, 0.29) is 12.0 Å². The number of rotatable bonds is 6. The second-order valence-corrected chi connectivity index (χ2v) is 4.83. The van der Waals surface area contributed by atoms with E-state index < -0.39 is 0 Å². The van der Waals surface area contributed by atoms with Crippen LogP contribution in [-0.2, 0) is 9.53 Å². The smallest absolute Gasteiger partial charge is 0.323 e. The summed E-state index contributed by atoms with van der Waals surface area (Å²) in [5.41, 5.74) is 0. The molecule has 1 aliphatic heterocycles. The summed E-state index contributed by atoms with van der Waals surface area (Å²) in [6.45, 7) is 7.55. The van der Waals surface area contributed by atoms with E-state index in [1.165, 1.54) is 12.8 Å². The van der Waals surface area contributed by atoms with E-state index in [4.69, 9.17) is 4.74 Å². The Kier molecular flexibility index (Phi) is 6.52. The van der Waals surface area contributed by atoms with Crippen LogP contribution in [0, 0.1) is 5.92 Å². The number of nitrogens with one attached hydrogen (secondary N) is 1. The Morgan fingerprint density at radius 2 is 2.29 bits per heavy atom. The molecule has 0 amide bonds. The molecule has 0 aliphatic carbocycles. The van der Waals surface area contributed by atoms with Crippen LogP contribution >= 0.6 is 0 Å². The second-order valence-electron chi connectivity index (χ2n) is 4.83. The highest BCUT2D eigenvalue weighted by Gasteiger charge is 2.25. The fraction of sp³-hybridized carbons (Fsp3) is 0.923. The summed E-state index contributed by atoms with van der Waals surface area (Å²) in [5.74, 6) is 0.582. The van der Waals surface area contributed by atoms with Crippen LogP contribution in [0.25, 0.3) is 0 Å². The molecule has 4 nitrogen and oxygen atoms in total. The molecule has 1 aliphatic rings. The van der Waals surface area contributed by atoms with E-state index in [1.807, 2.05) is 20.9 Å². The van der Waals surface area contributed by atoms with Gasteiger partial charge in [-0.25, -0.2) is 0 Å². The number of nitrogens with zero attached hydrogens (tertiary/aromatic N) is 1. The van der Waals surface area contributed by atoms with Crippen molar-refractivity contribution < 1.29 is 9.53 Å². The Morgan fingerprint density at radius 1 is 1.53 bits per heavy atom. The lowest BCUT2D eigenvalue weighted by molar-refractivity contribution is -0.149. The van der Waals surface area contributed by atoms with Crippen molar-refractivity contribution >= 4 is 5.97 Å². The molecule has 1 fully saturated rings. The lowest BCUT2D eigenvalue weighted by atomic mass is 9.98. The van der Waals surface area contributed by atoms with Gasteiger partial charge in [0.1, 0.15) is 6.04 Å². The molecule has 2 unspecified atom stereocenters. The molecule has 0 radical (unpaired) electrons. The number of ether oxygens (including phenoxy) is 1. The molecule has 1 saturated heterocycles. The molecule has 0 bridgehead atoms. The van der Waals surface area contributed by atoms with Gasteiger partial charge in [-0.1, -0.05) is 6.92 Å². The van der Waals surface area contributed by atoms with Crippen LogP contribution in [0.3, 0.4) is 0 Å². The first-order valence-corrected chi connectivity index (χ1v) is 6.76. The minimum Gasteiger partial charge on any atom is -0.465 e. The van der Waals surface area contributed by atoms with Crippen LogP contribution < -0.4 is 5.32 Å². The lowest BCUT2D eigenvalue weighted by Crippen LogP contribution is -2.44. The third kappa shape index (κ3) is 4.64. The zero-order valence-electron chi connectivity index (χ0n) is 11.4. The second kappa shape index (κ2) is 7.67. The Hall–Kier alpha value is -0.610. The highest BCUT2D eigenvalue weighted by molar-refractivity contribution is 5.75. The Bertz CT molecular complexity index is 227. The van der Waals surface area contributed by atoms with Crippen molar-refractivity contribution in [2.45, 2.75) is 39.2 Å². The number of carbonyl (C=O) groups is 1. The third-order valence-electron chi connectivity index (χ3n) is 3.42. The van der Waals surface area contributed by atoms with Gasteiger partial charge in [0.25, 0.3) is 0 Å². The molecule has 0 aromatic rings. The molecule has 1 N–H and O–H groups in total. The van der Waals surface area contributed by atoms with Gasteiger partial charge >= 0.3 is 5.97 Å². The molecular formula is C13H26N2O2. The van der Waals surface area contributed by atoms with E-state index in [9.17, 15) is 4.79 Å². The zero-order chi connectivity index (χ0) is 12.7. The standard InChI is InChI=1S/C13H26N2O2/c1-4-12(13(16)17-5-2)15(3)10-11-7-6-8-14-9-11/h11-12,14H,4-10H2,1-3H3. The normalized spacial score (nSPS) is 22.5. The number of hydrogen-bond donors (Lipinski definition) is 1. The van der Waals surface area contributed by atoms with E-state index in [2.05, 4.69) is 10.2 Å². The van der Waals surface area contributed by atoms with Crippen molar-refractivity contribution in [1.29, 1.82) is 0 Å². The van der Waals surface area contributed by atoms with Gasteiger partial charge in [0.15, 0.2) is 0 Å². The van der Waals surface area contributed by atoms with E-state index >= 15 is 0 Å². The maximum Gasteiger partial charge on any atom is 0.323 e. The predicted molar refractivity (Wildman–Crippen MR) is 68.9 cm³/mol. The molecule has 2 atom stereocenters. The minimum absolute atomic E-state index is 0.0822. The molecule has 0 saturated carbocycles. The predicted octanol–water partition coefficient (Wildman–Crippen LogP) is 1.26. The van der Waals surface area contributed by atoms with Gasteiger partial charge in [-0.15, -0.1) is 0 Å². The summed E-state index contributed by atoms with van der Waals surface area (Å²) in [6.07, 6.45) is 3.32. The number of esters is 1. The minimum atomic E-state index is -0.0862. The topological polar surface area (TPSA) is 41.6 Å². The first kappa shape index (κ1) is 14.5. The third-order valence-corrected chi connectivity index (χ3v) is 3.42. The van der Waals surface area contributed by atoms with E-state index in [1.54, 1.807) is 0 Å². The van der Waals surface area contributed by atoms with Crippen molar-refractivity contribution in [1.82, 2.24) is 10.2 Å². The van der Waals surface area contributed by atoms with Crippen LogP contribution in [0.4, 0.5) is 0 Å². The van der Waals surface area contributed by atoms with Gasteiger partial charge in [0.05, 0.1) is 6.61 Å². The SMILES string of the molecule is CCOC(=O)C(CC)N(C)CC1CCCNC1. The van der Waals surface area contributed by atoms with Gasteiger partial charge in [-0.3, -0.25) is 9.69 Å². The maximum absolute atomic E-state index is 11.8. The summed E-state index contributed by atoms with van der Waals surface area (Å²) < 4.78 is 5.11. The van der Waals surface area contributed by atoms with Gasteiger partial charge in [0, 0.05) is 6.54 Å². The zero-order valence-corrected chi connectivity index (χ0v) is 11.4. The summed E-state index contributed by atoms with van der Waals surface area (Å²) in [7, 11) is 2.03. The maximum atomic E-state index is 11.8. The Balaban J connectivity index is 2.41. The largest absolute Gasteiger partial charge is 0.465 e. The van der Waals surface area contributed by atoms with Crippen LogP contribution in [0.2, 0.25) is 0 Å². The molecule has 1 rings (SSSR count). The van der Waals surface area contributed by atoms with Crippen LogP contribution in [0.1, 0.15) is 33.1 Å². The van der Waals surface area contributed by atoms with Gasteiger partial charge < -0.3 is 10.1 Å². The Morgan fingerprint density at radius 3 is 2.82 bits per heavy atom. The Labute approximate surface area is 105 Å². The average molecular weight is 242 g/mol. The van der Waals surface area contributed by atoms with Crippen molar-refractivity contribution in [2.75, 3.05) is 33.3 Å². The molecule has 0 aromatic heterocycles. The number of carbonyl (C=O) groups excluding carboxylic acids is 1. The van der Waals surface area contributed by atoms with Crippen LogP contribution in [-0.4, -0.2) is 50.2 Å². The van der Waals surface area contributed by atoms with Crippen molar-refractivity contribution in [2.24, 2.45) is 5.92 Å². The molecule has 1 heterocycles. The van der Waals surface area contributed by atoms with Crippen molar-refractivity contribution in [3.05, 3.63) is 0 Å². The van der Waals surface area contributed by atoms with Crippen molar-refractivity contribution in [3.8, 4) is 0 Å². The first-order valence-electron chi connectivity index (χ1n) is 6.76. The summed E-state index contributed by atoms with van der Waals surface area (Å²) in [6, 6.07) is -0.0862.